The molecule has 0 radical (unpaired) electrons. The third-order valence-electron chi connectivity index (χ3n) is 2.79. The lowest BCUT2D eigenvalue weighted by Crippen LogP contribution is -2.21. The lowest BCUT2D eigenvalue weighted by Gasteiger charge is -2.13. The second-order valence-electron chi connectivity index (χ2n) is 4.25. The monoisotopic (exact) mass is 255 g/mol. The van der Waals surface area contributed by atoms with Crippen molar-refractivity contribution in [1.29, 1.82) is 0 Å². The molecule has 0 aliphatic rings. The molecule has 0 aliphatic heterocycles. The predicted molar refractivity (Wildman–Crippen MR) is 71.1 cm³/mol. The molecule has 0 saturated carbocycles. The van der Waals surface area contributed by atoms with Crippen LogP contribution >= 0.6 is 0 Å². The molecule has 18 heavy (non-hydrogen) atoms. The van der Waals surface area contributed by atoms with Gasteiger partial charge in [-0.2, -0.15) is 0 Å². The van der Waals surface area contributed by atoms with Crippen LogP contribution in [0, 0.1) is 0 Å². The topological polar surface area (TPSA) is 44.5 Å². The molecule has 0 bridgehead atoms. The van der Waals surface area contributed by atoms with Crippen molar-refractivity contribution in [3.05, 3.63) is 23.8 Å². The maximum Gasteiger partial charge on any atom is 0.161 e. The van der Waals surface area contributed by atoms with Crippen LogP contribution in [-0.4, -0.2) is 26.4 Å². The van der Waals surface area contributed by atoms with Crippen LogP contribution in [0.4, 0.5) is 4.39 Å². The van der Waals surface area contributed by atoms with E-state index in [-0.39, 0.29) is 12.7 Å². The third-order valence-corrected chi connectivity index (χ3v) is 2.79. The maximum atomic E-state index is 12.0. The molecular weight excluding hydrogens is 233 g/mol. The highest BCUT2D eigenvalue weighted by Gasteiger charge is 2.08. The zero-order valence-electron chi connectivity index (χ0n) is 11.1. The highest BCUT2D eigenvalue weighted by molar-refractivity contribution is 5.43. The van der Waals surface area contributed by atoms with Crippen LogP contribution in [-0.2, 0) is 6.42 Å². The molecule has 0 aromatic heterocycles. The van der Waals surface area contributed by atoms with Gasteiger partial charge in [-0.1, -0.05) is 13.0 Å². The normalized spacial score (nSPS) is 12.2. The summed E-state index contributed by atoms with van der Waals surface area (Å²) in [4.78, 5) is 0. The Labute approximate surface area is 108 Å². The molecule has 4 heteroatoms. The molecule has 3 nitrogen and oxygen atoms in total. The van der Waals surface area contributed by atoms with Crippen LogP contribution in [0.15, 0.2) is 18.2 Å². The van der Waals surface area contributed by atoms with Crippen molar-refractivity contribution in [2.45, 2.75) is 32.2 Å². The van der Waals surface area contributed by atoms with E-state index in [2.05, 4.69) is 6.92 Å². The Morgan fingerprint density at radius 3 is 2.72 bits per heavy atom. The van der Waals surface area contributed by atoms with Crippen molar-refractivity contribution >= 4 is 0 Å². The third kappa shape index (κ3) is 4.53. The summed E-state index contributed by atoms with van der Waals surface area (Å²) in [6, 6.07) is 5.92. The van der Waals surface area contributed by atoms with E-state index in [0.717, 1.165) is 18.4 Å². The number of hydrogen-bond acceptors (Lipinski definition) is 3. The van der Waals surface area contributed by atoms with E-state index in [0.29, 0.717) is 24.5 Å². The second kappa shape index (κ2) is 7.93. The number of hydrogen-bond donors (Lipinski definition) is 1. The van der Waals surface area contributed by atoms with Crippen molar-refractivity contribution in [3.8, 4) is 11.5 Å². The summed E-state index contributed by atoms with van der Waals surface area (Å²) >= 11 is 0. The van der Waals surface area contributed by atoms with Gasteiger partial charge >= 0.3 is 0 Å². The highest BCUT2D eigenvalue weighted by atomic mass is 19.1. The molecule has 0 saturated heterocycles. The number of rotatable bonds is 8. The molecule has 1 aromatic carbocycles. The summed E-state index contributed by atoms with van der Waals surface area (Å²) in [5, 5.41) is 0. The van der Waals surface area contributed by atoms with Crippen LogP contribution in [0.5, 0.6) is 11.5 Å². The Morgan fingerprint density at radius 1 is 1.33 bits per heavy atom. The van der Waals surface area contributed by atoms with Gasteiger partial charge in [-0.3, -0.25) is 4.39 Å². The van der Waals surface area contributed by atoms with Gasteiger partial charge in [0.25, 0.3) is 0 Å². The molecule has 0 heterocycles. The molecule has 1 rings (SSSR count). The summed E-state index contributed by atoms with van der Waals surface area (Å²) in [7, 11) is 1.59. The van der Waals surface area contributed by atoms with E-state index < -0.39 is 0 Å². The van der Waals surface area contributed by atoms with Gasteiger partial charge in [-0.05, 0) is 30.5 Å². The quantitative estimate of drug-likeness (QED) is 0.726. The fraction of sp³-hybridized carbons (Fsp3) is 0.571. The van der Waals surface area contributed by atoms with Crippen molar-refractivity contribution in [1.82, 2.24) is 0 Å². The van der Waals surface area contributed by atoms with Crippen molar-refractivity contribution in [3.63, 3.8) is 0 Å². The van der Waals surface area contributed by atoms with Gasteiger partial charge < -0.3 is 15.2 Å². The summed E-state index contributed by atoms with van der Waals surface area (Å²) in [5.74, 6) is 1.33. The largest absolute Gasteiger partial charge is 0.493 e. The standard InChI is InChI=1S/C14H22FNO2/c1-3-12(16)9-11-5-6-13(17-2)14(10-11)18-8-4-7-15/h5-6,10,12H,3-4,7-9,16H2,1-2H3. The van der Waals surface area contributed by atoms with Crippen LogP contribution in [0.1, 0.15) is 25.3 Å². The lowest BCUT2D eigenvalue weighted by molar-refractivity contribution is 0.273. The Kier molecular flexibility index (Phi) is 6.50. The molecule has 0 amide bonds. The Morgan fingerprint density at radius 2 is 2.11 bits per heavy atom. The van der Waals surface area contributed by atoms with E-state index in [4.69, 9.17) is 15.2 Å². The van der Waals surface area contributed by atoms with E-state index in [1.165, 1.54) is 0 Å². The zero-order valence-corrected chi connectivity index (χ0v) is 11.1. The molecule has 0 fully saturated rings. The lowest BCUT2D eigenvalue weighted by atomic mass is 10.0. The van der Waals surface area contributed by atoms with Crippen LogP contribution in [0.2, 0.25) is 0 Å². The van der Waals surface area contributed by atoms with Gasteiger partial charge in [0.15, 0.2) is 11.5 Å². The fourth-order valence-electron chi connectivity index (χ4n) is 1.64. The molecule has 102 valence electrons. The smallest absolute Gasteiger partial charge is 0.161 e. The average Bonchev–Trinajstić information content (AvgIpc) is 2.39. The summed E-state index contributed by atoms with van der Waals surface area (Å²) < 4.78 is 22.8. The Bertz CT molecular complexity index is 358. The van der Waals surface area contributed by atoms with Crippen molar-refractivity contribution in [2.75, 3.05) is 20.4 Å². The Hall–Kier alpha value is -1.29. The summed E-state index contributed by atoms with van der Waals surface area (Å²) in [5.41, 5.74) is 7.04. The highest BCUT2D eigenvalue weighted by Crippen LogP contribution is 2.28. The molecule has 0 aliphatic carbocycles. The number of benzene rings is 1. The van der Waals surface area contributed by atoms with E-state index >= 15 is 0 Å². The number of methoxy groups -OCH3 is 1. The first-order chi connectivity index (χ1) is 8.71. The zero-order chi connectivity index (χ0) is 13.4. The van der Waals surface area contributed by atoms with Crippen LogP contribution in [0.25, 0.3) is 0 Å². The molecule has 1 atom stereocenters. The first-order valence-corrected chi connectivity index (χ1v) is 6.32. The molecular formula is C14H22FNO2. The molecule has 0 spiro atoms. The minimum atomic E-state index is -0.372. The number of halogens is 1. The molecule has 1 unspecified atom stereocenters. The number of ether oxygens (including phenoxy) is 2. The number of nitrogens with two attached hydrogens (primary N) is 1. The van der Waals surface area contributed by atoms with Gasteiger partial charge in [0.1, 0.15) is 0 Å². The van der Waals surface area contributed by atoms with Crippen LogP contribution in [0.3, 0.4) is 0 Å². The fourth-order valence-corrected chi connectivity index (χ4v) is 1.64. The van der Waals surface area contributed by atoms with Gasteiger partial charge in [0, 0.05) is 12.5 Å². The predicted octanol–water partition coefficient (Wildman–Crippen LogP) is 2.71. The first kappa shape index (κ1) is 14.8. The average molecular weight is 255 g/mol. The van der Waals surface area contributed by atoms with Crippen LogP contribution < -0.4 is 15.2 Å². The van der Waals surface area contributed by atoms with Crippen molar-refractivity contribution < 1.29 is 13.9 Å². The second-order valence-corrected chi connectivity index (χ2v) is 4.25. The van der Waals surface area contributed by atoms with Gasteiger partial charge in [-0.15, -0.1) is 0 Å². The minimum Gasteiger partial charge on any atom is -0.493 e. The van der Waals surface area contributed by atoms with E-state index in [9.17, 15) is 4.39 Å². The van der Waals surface area contributed by atoms with Gasteiger partial charge in [0.05, 0.1) is 20.4 Å². The van der Waals surface area contributed by atoms with E-state index in [1.807, 2.05) is 18.2 Å². The SMILES string of the molecule is CCC(N)Cc1ccc(OC)c(OCCCF)c1. The number of alkyl halides is 1. The summed E-state index contributed by atoms with van der Waals surface area (Å²) in [6.45, 7) is 2.05. The van der Waals surface area contributed by atoms with Crippen molar-refractivity contribution in [2.24, 2.45) is 5.73 Å². The maximum absolute atomic E-state index is 12.0. The van der Waals surface area contributed by atoms with Gasteiger partial charge in [-0.25, -0.2) is 0 Å². The summed E-state index contributed by atoms with van der Waals surface area (Å²) in [6.07, 6.45) is 2.13. The van der Waals surface area contributed by atoms with Gasteiger partial charge in [0.2, 0.25) is 0 Å². The molecule has 2 N–H and O–H groups in total. The molecule has 1 aromatic rings. The minimum absolute atomic E-state index is 0.150. The first-order valence-electron chi connectivity index (χ1n) is 6.32. The Balaban J connectivity index is 2.74. The van der Waals surface area contributed by atoms with E-state index in [1.54, 1.807) is 7.11 Å².